The van der Waals surface area contributed by atoms with Crippen LogP contribution in [-0.4, -0.2) is 24.3 Å². The fraction of sp³-hybridized carbons (Fsp3) is 0.400. The average molecular weight is 270 g/mol. The monoisotopic (exact) mass is 269 g/mol. The molecule has 0 amide bonds. The molecular formula is C10H12ClN5O2. The van der Waals surface area contributed by atoms with Crippen LogP contribution in [0, 0.1) is 6.92 Å². The third-order valence-electron chi connectivity index (χ3n) is 2.81. The molecule has 18 heavy (non-hydrogen) atoms. The van der Waals surface area contributed by atoms with E-state index >= 15 is 0 Å². The Balaban J connectivity index is 2.67. The molecule has 0 radical (unpaired) electrons. The van der Waals surface area contributed by atoms with E-state index in [0.717, 1.165) is 4.57 Å². The summed E-state index contributed by atoms with van der Waals surface area (Å²) in [6.07, 6.45) is 1.51. The highest BCUT2D eigenvalue weighted by atomic mass is 35.5. The molecule has 0 aliphatic heterocycles. The van der Waals surface area contributed by atoms with Crippen LogP contribution in [0.25, 0.3) is 0 Å². The van der Waals surface area contributed by atoms with Crippen molar-refractivity contribution in [3.05, 3.63) is 43.7 Å². The van der Waals surface area contributed by atoms with Gasteiger partial charge in [-0.05, 0) is 13.8 Å². The lowest BCUT2D eigenvalue weighted by Crippen LogP contribution is -2.39. The molecule has 2 aromatic heterocycles. The Morgan fingerprint density at radius 1 is 1.44 bits per heavy atom. The highest BCUT2D eigenvalue weighted by molar-refractivity contribution is 6.30. The highest BCUT2D eigenvalue weighted by Gasteiger charge is 2.19. The standard InChI is InChI=1S/C10H12ClN5O2/c1-5-7(11)13-10(18)16(9(5)17)6(2)8-14-12-4-15(8)3/h4,6H,1-3H3,(H,13,18). The minimum absolute atomic E-state index is 0.0615. The van der Waals surface area contributed by atoms with E-state index in [4.69, 9.17) is 11.6 Å². The molecule has 0 bridgehead atoms. The fourth-order valence-corrected chi connectivity index (χ4v) is 1.91. The van der Waals surface area contributed by atoms with Crippen LogP contribution < -0.4 is 11.2 Å². The number of aromatic amines is 1. The van der Waals surface area contributed by atoms with E-state index in [0.29, 0.717) is 11.4 Å². The minimum atomic E-state index is -0.564. The molecule has 2 heterocycles. The molecule has 1 N–H and O–H groups in total. The third-order valence-corrected chi connectivity index (χ3v) is 3.19. The van der Waals surface area contributed by atoms with Gasteiger partial charge in [-0.3, -0.25) is 9.78 Å². The molecule has 0 spiro atoms. The summed E-state index contributed by atoms with van der Waals surface area (Å²) < 4.78 is 2.73. The highest BCUT2D eigenvalue weighted by Crippen LogP contribution is 2.11. The molecule has 2 rings (SSSR count). The summed E-state index contributed by atoms with van der Waals surface area (Å²) in [5.41, 5.74) is -0.698. The first-order valence-electron chi connectivity index (χ1n) is 5.28. The summed E-state index contributed by atoms with van der Waals surface area (Å²) in [6.45, 7) is 3.26. The predicted molar refractivity (Wildman–Crippen MR) is 65.9 cm³/mol. The van der Waals surface area contributed by atoms with Gasteiger partial charge in [-0.25, -0.2) is 9.36 Å². The second-order valence-electron chi connectivity index (χ2n) is 4.02. The van der Waals surface area contributed by atoms with Crippen molar-refractivity contribution in [3.63, 3.8) is 0 Å². The second-order valence-corrected chi connectivity index (χ2v) is 4.40. The van der Waals surface area contributed by atoms with Crippen LogP contribution in [0.15, 0.2) is 15.9 Å². The van der Waals surface area contributed by atoms with Crippen LogP contribution in [0.3, 0.4) is 0 Å². The van der Waals surface area contributed by atoms with E-state index in [-0.39, 0.29) is 5.15 Å². The van der Waals surface area contributed by atoms with Crippen molar-refractivity contribution in [1.29, 1.82) is 0 Å². The Kier molecular flexibility index (Phi) is 3.08. The van der Waals surface area contributed by atoms with Gasteiger partial charge in [-0.15, -0.1) is 10.2 Å². The number of hydrogen-bond acceptors (Lipinski definition) is 4. The summed E-state index contributed by atoms with van der Waals surface area (Å²) >= 11 is 5.75. The van der Waals surface area contributed by atoms with Gasteiger partial charge in [-0.2, -0.15) is 0 Å². The number of aryl methyl sites for hydroxylation is 1. The van der Waals surface area contributed by atoms with E-state index in [1.165, 1.54) is 6.33 Å². The number of hydrogen-bond donors (Lipinski definition) is 1. The van der Waals surface area contributed by atoms with Crippen molar-refractivity contribution in [2.24, 2.45) is 7.05 Å². The molecule has 8 heteroatoms. The van der Waals surface area contributed by atoms with Gasteiger partial charge in [-0.1, -0.05) is 11.6 Å². The van der Waals surface area contributed by atoms with Crippen molar-refractivity contribution in [2.75, 3.05) is 0 Å². The lowest BCUT2D eigenvalue weighted by Gasteiger charge is -2.13. The van der Waals surface area contributed by atoms with Crippen molar-refractivity contribution in [1.82, 2.24) is 24.3 Å². The van der Waals surface area contributed by atoms with Gasteiger partial charge in [0.15, 0.2) is 5.82 Å². The molecule has 1 atom stereocenters. The number of rotatable bonds is 2. The molecule has 0 aromatic carbocycles. The third kappa shape index (κ3) is 1.86. The molecule has 1 unspecified atom stereocenters. The zero-order valence-electron chi connectivity index (χ0n) is 10.1. The van der Waals surface area contributed by atoms with Gasteiger partial charge in [0.2, 0.25) is 0 Å². The van der Waals surface area contributed by atoms with Crippen LogP contribution >= 0.6 is 11.6 Å². The van der Waals surface area contributed by atoms with Gasteiger partial charge in [0.1, 0.15) is 11.5 Å². The normalized spacial score (nSPS) is 12.7. The van der Waals surface area contributed by atoms with E-state index in [2.05, 4.69) is 15.2 Å². The van der Waals surface area contributed by atoms with E-state index < -0.39 is 17.3 Å². The maximum absolute atomic E-state index is 12.1. The minimum Gasteiger partial charge on any atom is -0.319 e. The first-order chi connectivity index (χ1) is 8.43. The number of halogens is 1. The summed E-state index contributed by atoms with van der Waals surface area (Å²) in [5, 5.41) is 7.68. The van der Waals surface area contributed by atoms with Crippen LogP contribution in [0.4, 0.5) is 0 Å². The van der Waals surface area contributed by atoms with E-state index in [1.54, 1.807) is 25.5 Å². The fourth-order valence-electron chi connectivity index (χ4n) is 1.75. The zero-order chi connectivity index (χ0) is 13.4. The van der Waals surface area contributed by atoms with Crippen molar-refractivity contribution < 1.29 is 0 Å². The quantitative estimate of drug-likeness (QED) is 0.791. The maximum Gasteiger partial charge on any atom is 0.330 e. The Morgan fingerprint density at radius 2 is 2.11 bits per heavy atom. The average Bonchev–Trinajstić information content (AvgIpc) is 2.72. The number of nitrogens with one attached hydrogen (secondary N) is 1. The number of H-pyrrole nitrogens is 1. The Labute approximate surface area is 107 Å². The Bertz CT molecular complexity index is 699. The lowest BCUT2D eigenvalue weighted by atomic mass is 10.3. The maximum atomic E-state index is 12.1. The van der Waals surface area contributed by atoms with Crippen LogP contribution in [0.2, 0.25) is 5.15 Å². The topological polar surface area (TPSA) is 85.6 Å². The molecule has 96 valence electrons. The first-order valence-corrected chi connectivity index (χ1v) is 5.66. The largest absolute Gasteiger partial charge is 0.330 e. The molecule has 0 fully saturated rings. The van der Waals surface area contributed by atoms with Crippen molar-refractivity contribution in [2.45, 2.75) is 19.9 Å². The van der Waals surface area contributed by atoms with Crippen LogP contribution in [0.5, 0.6) is 0 Å². The molecule has 2 aromatic rings. The summed E-state index contributed by atoms with van der Waals surface area (Å²) in [5.74, 6) is 0.518. The molecular weight excluding hydrogens is 258 g/mol. The van der Waals surface area contributed by atoms with Gasteiger partial charge in [0.05, 0.1) is 6.04 Å². The van der Waals surface area contributed by atoms with E-state index in [9.17, 15) is 9.59 Å². The summed E-state index contributed by atoms with van der Waals surface area (Å²) in [6, 6.07) is -0.523. The SMILES string of the molecule is Cc1c(Cl)[nH]c(=O)n(C(C)c2nncn2C)c1=O. The van der Waals surface area contributed by atoms with E-state index in [1.807, 2.05) is 0 Å². The van der Waals surface area contributed by atoms with Gasteiger partial charge in [0, 0.05) is 12.6 Å². The molecule has 0 saturated carbocycles. The smallest absolute Gasteiger partial charge is 0.319 e. The molecule has 0 saturated heterocycles. The second kappa shape index (κ2) is 4.41. The van der Waals surface area contributed by atoms with Gasteiger partial charge < -0.3 is 4.57 Å². The summed E-state index contributed by atoms with van der Waals surface area (Å²) in [4.78, 5) is 26.3. The molecule has 0 aliphatic carbocycles. The zero-order valence-corrected chi connectivity index (χ0v) is 10.9. The summed E-state index contributed by atoms with van der Waals surface area (Å²) in [7, 11) is 1.74. The van der Waals surface area contributed by atoms with Crippen molar-refractivity contribution in [3.8, 4) is 0 Å². The Hall–Kier alpha value is -1.89. The van der Waals surface area contributed by atoms with Gasteiger partial charge in [0.25, 0.3) is 5.56 Å². The van der Waals surface area contributed by atoms with Gasteiger partial charge >= 0.3 is 5.69 Å². The predicted octanol–water partition coefficient (Wildman–Crippen LogP) is 0.236. The Morgan fingerprint density at radius 3 is 2.67 bits per heavy atom. The number of aromatic nitrogens is 5. The lowest BCUT2D eigenvalue weighted by molar-refractivity contribution is 0.528. The molecule has 7 nitrogen and oxygen atoms in total. The number of nitrogens with zero attached hydrogens (tertiary/aromatic N) is 4. The first kappa shape index (κ1) is 12.6. The van der Waals surface area contributed by atoms with Crippen molar-refractivity contribution >= 4 is 11.6 Å². The molecule has 0 aliphatic rings. The van der Waals surface area contributed by atoms with Crippen LogP contribution in [-0.2, 0) is 7.05 Å². The van der Waals surface area contributed by atoms with Crippen LogP contribution in [0.1, 0.15) is 24.4 Å².